The van der Waals surface area contributed by atoms with Crippen LogP contribution in [0, 0.1) is 0 Å². The summed E-state index contributed by atoms with van der Waals surface area (Å²) in [6, 6.07) is 26.1. The van der Waals surface area contributed by atoms with Gasteiger partial charge in [-0.3, -0.25) is 9.10 Å². The number of nitrogens with zero attached hydrogens (tertiary/aromatic N) is 1. The van der Waals surface area contributed by atoms with Crippen molar-refractivity contribution < 1.29 is 17.9 Å². The fraction of sp³-hybridized carbons (Fsp3) is 0.240. The fourth-order valence-electron chi connectivity index (χ4n) is 3.50. The van der Waals surface area contributed by atoms with Crippen LogP contribution in [0.25, 0.3) is 0 Å². The molecular weight excluding hydrogens is 424 g/mol. The van der Waals surface area contributed by atoms with E-state index in [4.69, 9.17) is 4.74 Å². The van der Waals surface area contributed by atoms with Gasteiger partial charge in [-0.05, 0) is 41.8 Å². The molecule has 3 aromatic rings. The van der Waals surface area contributed by atoms with E-state index in [0.717, 1.165) is 17.4 Å². The van der Waals surface area contributed by atoms with E-state index < -0.39 is 10.0 Å². The van der Waals surface area contributed by atoms with Crippen LogP contribution in [0.3, 0.4) is 0 Å². The van der Waals surface area contributed by atoms with Crippen LogP contribution in [-0.4, -0.2) is 34.2 Å². The molecule has 0 heterocycles. The number of rotatable bonds is 10. The topological polar surface area (TPSA) is 75.7 Å². The fourth-order valence-corrected chi connectivity index (χ4v) is 4.47. The summed E-state index contributed by atoms with van der Waals surface area (Å²) in [6.45, 7) is 0.208. The van der Waals surface area contributed by atoms with Crippen molar-refractivity contribution in [1.29, 1.82) is 0 Å². The summed E-state index contributed by atoms with van der Waals surface area (Å²) in [5, 5.41) is 3.09. The van der Waals surface area contributed by atoms with E-state index in [1.165, 1.54) is 4.31 Å². The number of methoxy groups -OCH3 is 1. The van der Waals surface area contributed by atoms with E-state index in [9.17, 15) is 13.2 Å². The molecule has 3 aromatic carbocycles. The molecule has 0 spiro atoms. The third-order valence-electron chi connectivity index (χ3n) is 5.10. The standard InChI is InChI=1S/C25H28N2O4S/c1-31-23-17-15-22(16-18-23)27(32(2,29)30)19-9-14-24(28)26-25(20-10-5-3-6-11-20)21-12-7-4-8-13-21/h3-8,10-13,15-18,25H,9,14,19H2,1-2H3,(H,26,28). The Morgan fingerprint density at radius 1 is 0.906 bits per heavy atom. The van der Waals surface area contributed by atoms with Crippen LogP contribution >= 0.6 is 0 Å². The molecule has 0 aromatic heterocycles. The van der Waals surface area contributed by atoms with E-state index in [-0.39, 0.29) is 24.9 Å². The Labute approximate surface area is 189 Å². The zero-order chi connectivity index (χ0) is 23.0. The van der Waals surface area contributed by atoms with Gasteiger partial charge in [0.05, 0.1) is 25.1 Å². The highest BCUT2D eigenvalue weighted by Gasteiger charge is 2.19. The number of amides is 1. The Hall–Kier alpha value is -3.32. The number of carbonyl (C=O) groups is 1. The lowest BCUT2D eigenvalue weighted by Crippen LogP contribution is -2.33. The van der Waals surface area contributed by atoms with Gasteiger partial charge in [-0.25, -0.2) is 8.42 Å². The summed E-state index contributed by atoms with van der Waals surface area (Å²) >= 11 is 0. The Balaban J connectivity index is 1.66. The SMILES string of the molecule is COc1ccc(N(CCCC(=O)NC(c2ccccc2)c2ccccc2)S(C)(=O)=O)cc1. The van der Waals surface area contributed by atoms with Gasteiger partial charge in [0.15, 0.2) is 0 Å². The number of nitrogens with one attached hydrogen (secondary N) is 1. The lowest BCUT2D eigenvalue weighted by molar-refractivity contribution is -0.121. The van der Waals surface area contributed by atoms with E-state index >= 15 is 0 Å². The molecule has 0 aliphatic carbocycles. The Morgan fingerprint density at radius 2 is 1.44 bits per heavy atom. The number of ether oxygens (including phenoxy) is 1. The monoisotopic (exact) mass is 452 g/mol. The summed E-state index contributed by atoms with van der Waals surface area (Å²) in [6.07, 6.45) is 1.76. The van der Waals surface area contributed by atoms with E-state index in [1.54, 1.807) is 31.4 Å². The molecule has 1 N–H and O–H groups in total. The van der Waals surface area contributed by atoms with Gasteiger partial charge in [0, 0.05) is 13.0 Å². The van der Waals surface area contributed by atoms with E-state index in [1.807, 2.05) is 60.7 Å². The number of hydrogen-bond donors (Lipinski definition) is 1. The van der Waals surface area contributed by atoms with E-state index in [2.05, 4.69) is 5.32 Å². The maximum atomic E-state index is 12.8. The minimum Gasteiger partial charge on any atom is -0.497 e. The Bertz CT molecular complexity index is 1060. The van der Waals surface area contributed by atoms with Crippen LogP contribution in [0.5, 0.6) is 5.75 Å². The summed E-state index contributed by atoms with van der Waals surface area (Å²) < 4.78 is 31.1. The first kappa shape index (κ1) is 23.3. The van der Waals surface area contributed by atoms with Gasteiger partial charge in [0.2, 0.25) is 15.9 Å². The molecule has 7 heteroatoms. The molecule has 0 aliphatic heterocycles. The summed E-state index contributed by atoms with van der Waals surface area (Å²) in [5.41, 5.74) is 2.52. The first-order chi connectivity index (χ1) is 15.4. The van der Waals surface area contributed by atoms with Crippen molar-refractivity contribution in [3.8, 4) is 5.75 Å². The largest absolute Gasteiger partial charge is 0.497 e. The average molecular weight is 453 g/mol. The van der Waals surface area contributed by atoms with Gasteiger partial charge in [0.25, 0.3) is 0 Å². The second-order valence-corrected chi connectivity index (χ2v) is 9.37. The molecule has 1 amide bonds. The zero-order valence-corrected chi connectivity index (χ0v) is 19.1. The van der Waals surface area contributed by atoms with Crippen molar-refractivity contribution in [3.63, 3.8) is 0 Å². The minimum absolute atomic E-state index is 0.133. The highest BCUT2D eigenvalue weighted by Crippen LogP contribution is 2.23. The molecule has 32 heavy (non-hydrogen) atoms. The van der Waals surface area contributed by atoms with Crippen LogP contribution in [0.15, 0.2) is 84.9 Å². The van der Waals surface area contributed by atoms with Crippen molar-refractivity contribution in [1.82, 2.24) is 5.32 Å². The van der Waals surface area contributed by atoms with Gasteiger partial charge in [-0.15, -0.1) is 0 Å². The summed E-state index contributed by atoms with van der Waals surface area (Å²) in [5.74, 6) is 0.514. The zero-order valence-electron chi connectivity index (χ0n) is 18.3. The summed E-state index contributed by atoms with van der Waals surface area (Å²) in [7, 11) is -1.93. The predicted octanol–water partition coefficient (Wildman–Crippen LogP) is 4.15. The van der Waals surface area contributed by atoms with Crippen molar-refractivity contribution in [2.24, 2.45) is 0 Å². The number of benzene rings is 3. The number of anilines is 1. The molecule has 0 radical (unpaired) electrons. The average Bonchev–Trinajstić information content (AvgIpc) is 2.81. The number of hydrogen-bond acceptors (Lipinski definition) is 4. The third kappa shape index (κ3) is 6.34. The number of carbonyl (C=O) groups excluding carboxylic acids is 1. The van der Waals surface area contributed by atoms with Gasteiger partial charge in [-0.2, -0.15) is 0 Å². The van der Waals surface area contributed by atoms with Crippen molar-refractivity contribution in [2.45, 2.75) is 18.9 Å². The maximum absolute atomic E-state index is 12.8. The van der Waals surface area contributed by atoms with Crippen LogP contribution in [-0.2, 0) is 14.8 Å². The molecule has 0 saturated heterocycles. The van der Waals surface area contributed by atoms with Gasteiger partial charge < -0.3 is 10.1 Å². The Morgan fingerprint density at radius 3 is 1.91 bits per heavy atom. The molecule has 6 nitrogen and oxygen atoms in total. The lowest BCUT2D eigenvalue weighted by atomic mass is 9.98. The van der Waals surface area contributed by atoms with Gasteiger partial charge in [0.1, 0.15) is 5.75 Å². The van der Waals surface area contributed by atoms with Crippen molar-refractivity contribution in [3.05, 3.63) is 96.1 Å². The highest BCUT2D eigenvalue weighted by molar-refractivity contribution is 7.92. The molecular formula is C25H28N2O4S. The lowest BCUT2D eigenvalue weighted by Gasteiger charge is -2.23. The van der Waals surface area contributed by atoms with Crippen molar-refractivity contribution in [2.75, 3.05) is 24.2 Å². The first-order valence-electron chi connectivity index (χ1n) is 10.4. The molecule has 0 atom stereocenters. The quantitative estimate of drug-likeness (QED) is 0.501. The van der Waals surface area contributed by atoms with Crippen LogP contribution in [0.4, 0.5) is 5.69 Å². The van der Waals surface area contributed by atoms with Gasteiger partial charge in [-0.1, -0.05) is 60.7 Å². The molecule has 0 unspecified atom stereocenters. The van der Waals surface area contributed by atoms with Crippen LogP contribution in [0.1, 0.15) is 30.0 Å². The maximum Gasteiger partial charge on any atom is 0.232 e. The summed E-state index contributed by atoms with van der Waals surface area (Å²) in [4.78, 5) is 12.8. The predicted molar refractivity (Wildman–Crippen MR) is 127 cm³/mol. The van der Waals surface area contributed by atoms with Crippen molar-refractivity contribution >= 4 is 21.6 Å². The smallest absolute Gasteiger partial charge is 0.232 e. The molecule has 168 valence electrons. The van der Waals surface area contributed by atoms with Crippen LogP contribution < -0.4 is 14.4 Å². The third-order valence-corrected chi connectivity index (χ3v) is 6.29. The molecule has 3 rings (SSSR count). The van der Waals surface area contributed by atoms with Crippen LogP contribution in [0.2, 0.25) is 0 Å². The second kappa shape index (κ2) is 10.8. The minimum atomic E-state index is -3.48. The normalized spacial score (nSPS) is 11.2. The molecule has 0 saturated carbocycles. The molecule has 0 fully saturated rings. The molecule has 0 aliphatic rings. The Kier molecular flexibility index (Phi) is 7.89. The van der Waals surface area contributed by atoms with Gasteiger partial charge >= 0.3 is 0 Å². The number of sulfonamides is 1. The highest BCUT2D eigenvalue weighted by atomic mass is 32.2. The first-order valence-corrected chi connectivity index (χ1v) is 12.2. The second-order valence-electron chi connectivity index (χ2n) is 7.46. The molecule has 0 bridgehead atoms. The van der Waals surface area contributed by atoms with E-state index in [0.29, 0.717) is 17.9 Å².